The zero-order chi connectivity index (χ0) is 13.1. The highest BCUT2D eigenvalue weighted by Gasteiger charge is 2.21. The summed E-state index contributed by atoms with van der Waals surface area (Å²) in [4.78, 5) is 9.48. The van der Waals surface area contributed by atoms with Gasteiger partial charge in [-0.2, -0.15) is 11.8 Å². The van der Waals surface area contributed by atoms with E-state index in [1.54, 1.807) is 0 Å². The molecule has 0 aromatic carbocycles. The number of hydrogen-bond donors (Lipinski definition) is 1. The van der Waals surface area contributed by atoms with Crippen LogP contribution in [0.2, 0.25) is 0 Å². The number of nitrogens with two attached hydrogens (primary N) is 1. The SMILES string of the molecule is Cc1nc(C2CCCCS2)nc(C)c1C(C)CN. The van der Waals surface area contributed by atoms with E-state index >= 15 is 0 Å². The Morgan fingerprint density at radius 3 is 2.44 bits per heavy atom. The first-order valence-corrected chi connectivity index (χ1v) is 7.85. The Bertz CT molecular complexity index is 390. The number of rotatable bonds is 3. The molecular formula is C14H23N3S. The molecule has 0 amide bonds. The highest BCUT2D eigenvalue weighted by atomic mass is 32.2. The van der Waals surface area contributed by atoms with E-state index in [4.69, 9.17) is 15.7 Å². The predicted molar refractivity (Wildman–Crippen MR) is 78.0 cm³/mol. The Balaban J connectivity index is 2.29. The van der Waals surface area contributed by atoms with E-state index in [0.717, 1.165) is 17.2 Å². The molecule has 2 N–H and O–H groups in total. The average Bonchev–Trinajstić information content (AvgIpc) is 2.38. The Morgan fingerprint density at radius 1 is 1.28 bits per heavy atom. The Labute approximate surface area is 114 Å². The first-order valence-electron chi connectivity index (χ1n) is 6.80. The molecule has 18 heavy (non-hydrogen) atoms. The van der Waals surface area contributed by atoms with E-state index in [0.29, 0.717) is 17.7 Å². The smallest absolute Gasteiger partial charge is 0.141 e. The van der Waals surface area contributed by atoms with Gasteiger partial charge in [-0.1, -0.05) is 13.3 Å². The fraction of sp³-hybridized carbons (Fsp3) is 0.714. The summed E-state index contributed by atoms with van der Waals surface area (Å²) in [6.45, 7) is 6.98. The van der Waals surface area contributed by atoms with Gasteiger partial charge in [-0.05, 0) is 50.5 Å². The number of thioether (sulfide) groups is 1. The van der Waals surface area contributed by atoms with Gasteiger partial charge in [0.1, 0.15) is 5.82 Å². The van der Waals surface area contributed by atoms with Crippen LogP contribution in [0.1, 0.15) is 60.1 Å². The monoisotopic (exact) mass is 265 g/mol. The third-order valence-corrected chi connectivity index (χ3v) is 5.03. The van der Waals surface area contributed by atoms with E-state index < -0.39 is 0 Å². The summed E-state index contributed by atoms with van der Waals surface area (Å²) in [5.41, 5.74) is 9.23. The molecule has 2 atom stereocenters. The fourth-order valence-corrected chi connectivity index (χ4v) is 3.91. The van der Waals surface area contributed by atoms with Gasteiger partial charge in [0.25, 0.3) is 0 Å². The number of aryl methyl sites for hydroxylation is 2. The maximum absolute atomic E-state index is 5.76. The third kappa shape index (κ3) is 2.86. The molecule has 0 spiro atoms. The summed E-state index contributed by atoms with van der Waals surface area (Å²) >= 11 is 2.00. The van der Waals surface area contributed by atoms with Gasteiger partial charge in [-0.15, -0.1) is 0 Å². The molecule has 2 rings (SSSR count). The Hall–Kier alpha value is -0.610. The van der Waals surface area contributed by atoms with Crippen molar-refractivity contribution in [1.29, 1.82) is 0 Å². The molecule has 0 bridgehead atoms. The lowest BCUT2D eigenvalue weighted by atomic mass is 9.98. The van der Waals surface area contributed by atoms with Crippen LogP contribution in [0.15, 0.2) is 0 Å². The fourth-order valence-electron chi connectivity index (χ4n) is 2.67. The lowest BCUT2D eigenvalue weighted by molar-refractivity contribution is 0.650. The summed E-state index contributed by atoms with van der Waals surface area (Å²) in [6, 6.07) is 0. The molecule has 0 aliphatic carbocycles. The lowest BCUT2D eigenvalue weighted by Gasteiger charge is -2.22. The summed E-state index contributed by atoms with van der Waals surface area (Å²) < 4.78 is 0. The van der Waals surface area contributed by atoms with E-state index in [1.807, 2.05) is 11.8 Å². The van der Waals surface area contributed by atoms with Crippen LogP contribution in [0.25, 0.3) is 0 Å². The second-order valence-electron chi connectivity index (χ2n) is 5.16. The van der Waals surface area contributed by atoms with Crippen LogP contribution >= 0.6 is 11.8 Å². The summed E-state index contributed by atoms with van der Waals surface area (Å²) in [5, 5.41) is 0.499. The molecule has 4 heteroatoms. The van der Waals surface area contributed by atoms with Crippen molar-refractivity contribution in [2.24, 2.45) is 5.73 Å². The number of aromatic nitrogens is 2. The largest absolute Gasteiger partial charge is 0.330 e. The summed E-state index contributed by atoms with van der Waals surface area (Å²) in [6.07, 6.45) is 3.86. The molecular weight excluding hydrogens is 242 g/mol. The van der Waals surface area contributed by atoms with Gasteiger partial charge in [-0.3, -0.25) is 0 Å². The molecule has 0 saturated carbocycles. The van der Waals surface area contributed by atoms with Crippen LogP contribution in [0.5, 0.6) is 0 Å². The first kappa shape index (κ1) is 13.8. The van der Waals surface area contributed by atoms with Gasteiger partial charge in [0, 0.05) is 11.4 Å². The van der Waals surface area contributed by atoms with Gasteiger partial charge < -0.3 is 5.73 Å². The average molecular weight is 265 g/mol. The van der Waals surface area contributed by atoms with Gasteiger partial charge in [0.2, 0.25) is 0 Å². The van der Waals surface area contributed by atoms with Gasteiger partial charge >= 0.3 is 0 Å². The van der Waals surface area contributed by atoms with Crippen LogP contribution < -0.4 is 5.73 Å². The molecule has 1 aromatic rings. The van der Waals surface area contributed by atoms with Crippen molar-refractivity contribution in [1.82, 2.24) is 9.97 Å². The predicted octanol–water partition coefficient (Wildman–Crippen LogP) is 3.11. The zero-order valence-corrected chi connectivity index (χ0v) is 12.4. The Morgan fingerprint density at radius 2 is 1.94 bits per heavy atom. The van der Waals surface area contributed by atoms with E-state index in [9.17, 15) is 0 Å². The molecule has 1 aromatic heterocycles. The normalized spacial score (nSPS) is 21.9. The van der Waals surface area contributed by atoms with Crippen molar-refractivity contribution < 1.29 is 0 Å². The molecule has 1 saturated heterocycles. The van der Waals surface area contributed by atoms with Crippen LogP contribution in [-0.4, -0.2) is 22.3 Å². The number of hydrogen-bond acceptors (Lipinski definition) is 4. The van der Waals surface area contributed by atoms with Crippen molar-refractivity contribution in [3.05, 3.63) is 22.8 Å². The third-order valence-electron chi connectivity index (χ3n) is 3.66. The molecule has 1 fully saturated rings. The summed E-state index contributed by atoms with van der Waals surface area (Å²) in [5.74, 6) is 2.62. The van der Waals surface area contributed by atoms with E-state index in [1.165, 1.54) is 30.6 Å². The maximum Gasteiger partial charge on any atom is 0.141 e. The first-order chi connectivity index (χ1) is 8.63. The Kier molecular flexibility index (Phi) is 4.62. The quantitative estimate of drug-likeness (QED) is 0.912. The van der Waals surface area contributed by atoms with Crippen LogP contribution in [0, 0.1) is 13.8 Å². The van der Waals surface area contributed by atoms with Gasteiger partial charge in [0.15, 0.2) is 0 Å². The van der Waals surface area contributed by atoms with Gasteiger partial charge in [0.05, 0.1) is 5.25 Å². The lowest BCUT2D eigenvalue weighted by Crippen LogP contribution is -2.16. The molecule has 100 valence electrons. The summed E-state index contributed by atoms with van der Waals surface area (Å²) in [7, 11) is 0. The van der Waals surface area contributed by atoms with Crippen molar-refractivity contribution in [2.75, 3.05) is 12.3 Å². The highest BCUT2D eigenvalue weighted by molar-refractivity contribution is 7.99. The minimum Gasteiger partial charge on any atom is -0.330 e. The molecule has 3 nitrogen and oxygen atoms in total. The van der Waals surface area contributed by atoms with Crippen molar-refractivity contribution in [2.45, 2.75) is 51.2 Å². The molecule has 0 radical (unpaired) electrons. The minimum absolute atomic E-state index is 0.345. The standard InChI is InChI=1S/C14H23N3S/c1-9(8-15)13-10(2)16-14(17-11(13)3)12-6-4-5-7-18-12/h9,12H,4-8,15H2,1-3H3. The van der Waals surface area contributed by atoms with Crippen molar-refractivity contribution in [3.63, 3.8) is 0 Å². The minimum atomic E-state index is 0.345. The molecule has 2 unspecified atom stereocenters. The van der Waals surface area contributed by atoms with Crippen molar-refractivity contribution in [3.8, 4) is 0 Å². The molecule has 1 aliphatic rings. The molecule has 2 heterocycles. The van der Waals surface area contributed by atoms with Crippen molar-refractivity contribution >= 4 is 11.8 Å². The maximum atomic E-state index is 5.76. The highest BCUT2D eigenvalue weighted by Crippen LogP contribution is 2.37. The zero-order valence-electron chi connectivity index (χ0n) is 11.6. The second kappa shape index (κ2) is 6.02. The topological polar surface area (TPSA) is 51.8 Å². The van der Waals surface area contributed by atoms with Crippen LogP contribution in [0.3, 0.4) is 0 Å². The van der Waals surface area contributed by atoms with E-state index in [-0.39, 0.29) is 0 Å². The van der Waals surface area contributed by atoms with Crippen LogP contribution in [-0.2, 0) is 0 Å². The number of nitrogens with zero attached hydrogens (tertiary/aromatic N) is 2. The molecule has 1 aliphatic heterocycles. The van der Waals surface area contributed by atoms with Crippen LogP contribution in [0.4, 0.5) is 0 Å². The van der Waals surface area contributed by atoms with Gasteiger partial charge in [-0.25, -0.2) is 9.97 Å². The second-order valence-corrected chi connectivity index (χ2v) is 6.47. The van der Waals surface area contributed by atoms with E-state index in [2.05, 4.69) is 20.8 Å².